The van der Waals surface area contributed by atoms with E-state index in [4.69, 9.17) is 48.6 Å². The van der Waals surface area contributed by atoms with Gasteiger partial charge in [-0.25, -0.2) is 0 Å². The summed E-state index contributed by atoms with van der Waals surface area (Å²) in [4.78, 5) is 0. The van der Waals surface area contributed by atoms with Crippen LogP contribution in [-0.4, -0.2) is 84.9 Å². The smallest absolute Gasteiger partial charge is 2.00 e. The molecule has 17 heteroatoms. The van der Waals surface area contributed by atoms with Gasteiger partial charge < -0.3 is 0 Å². The van der Waals surface area contributed by atoms with Crippen molar-refractivity contribution < 1.29 is 84.2 Å². The third-order valence-electron chi connectivity index (χ3n) is 0. The Bertz CT molecular complexity index is 97.0. The molecule has 0 aromatic carbocycles. The molecule has 0 heterocycles. The Kier molecular flexibility index (Phi) is 347. The molecule has 0 aliphatic heterocycles. The molecule has 0 aromatic heterocycles. The molecule has 80 valence electrons. The van der Waals surface area contributed by atoms with E-state index in [1.807, 2.05) is 0 Å². The zero-order chi connectivity index (χ0) is 13.5. The van der Waals surface area contributed by atoms with Crippen LogP contribution in [0, 0.1) is 35.6 Å². The van der Waals surface area contributed by atoms with Gasteiger partial charge in [-0.05, 0) is 0 Å². The van der Waals surface area contributed by atoms with E-state index in [2.05, 4.69) is 0 Å². The number of hydrogen-bond donors (Lipinski definition) is 5. The fourth-order valence-electron chi connectivity index (χ4n) is 0. The zero-order valence-electron chi connectivity index (χ0n) is 8.45. The monoisotopic (exact) mass is 383 g/mol. The minimum Gasteiger partial charge on any atom is 2.00 e. The van der Waals surface area contributed by atoms with Gasteiger partial charge in [0.1, 0.15) is 0 Å². The van der Waals surface area contributed by atoms with E-state index in [1.54, 1.807) is 0 Å². The summed E-state index contributed by atoms with van der Waals surface area (Å²) >= 11 is 0. The van der Waals surface area contributed by atoms with Gasteiger partial charge in [0.25, 0.3) is 0 Å². The largest absolute Gasteiger partial charge is 3.00 e. The minimum absolute atomic E-state index is 0. The van der Waals surface area contributed by atoms with Crippen molar-refractivity contribution in [3.8, 4) is 0 Å². The van der Waals surface area contributed by atoms with Gasteiger partial charge in [0.15, 0.2) is 0 Å². The van der Waals surface area contributed by atoms with Gasteiger partial charge in [0.2, 0.25) is 0 Å². The number of rotatable bonds is 0. The normalized spacial score (nSPS) is 2.35. The fourth-order valence-corrected chi connectivity index (χ4v) is 0. The van der Waals surface area contributed by atoms with Crippen molar-refractivity contribution in [2.45, 2.75) is 0 Å². The summed E-state index contributed by atoms with van der Waals surface area (Å²) in [7, 11) is -1.25. The molecule has 0 aliphatic carbocycles. The van der Waals surface area contributed by atoms with Crippen molar-refractivity contribution in [2.24, 2.45) is 0 Å². The molecule has 0 saturated carbocycles. The van der Waals surface area contributed by atoms with Gasteiger partial charge in [0.05, 0.1) is 0 Å². The maximum atomic E-state index is 8.36. The van der Waals surface area contributed by atoms with Crippen LogP contribution in [0.5, 0.6) is 0 Å². The summed E-state index contributed by atoms with van der Waals surface area (Å²) in [5.74, 6) is 0. The topological polar surface area (TPSA) is 186 Å². The average molecular weight is 382 g/mol. The molecule has 17 heavy (non-hydrogen) atoms. The molecule has 0 rings (SSSR count). The number of hydrogen-bond acceptors (Lipinski definition) is 5. The van der Waals surface area contributed by atoms with Crippen molar-refractivity contribution in [1.82, 2.24) is 0 Å². The van der Waals surface area contributed by atoms with Gasteiger partial charge in [0, 0.05) is 0 Å². The first-order valence-corrected chi connectivity index (χ1v) is 2.47. The van der Waals surface area contributed by atoms with Crippen LogP contribution in [0.15, 0.2) is 0 Å². The second-order valence-electron chi connectivity index (χ2n) is 0.527. The molecule has 0 radical (unpaired) electrons. The Morgan fingerprint density at radius 3 is 0.471 bits per heavy atom. The second kappa shape index (κ2) is 136. The molecule has 10 nitrogen and oxygen atoms in total. The van der Waals surface area contributed by atoms with Crippen LogP contribution in [0.3, 0.4) is 0 Å². The Morgan fingerprint density at radius 2 is 0.471 bits per heavy atom. The zero-order valence-corrected chi connectivity index (χ0v) is 13.5. The molecular weight excluding hydrogens is 377 g/mol. The molecule has 0 fully saturated rings. The Hall–Kier alpha value is 0.286. The molecular formula is H5B5LaMgO10+5. The molecule has 0 unspecified atom stereocenters. The molecule has 0 saturated heterocycles. The molecule has 0 atom stereocenters. The Labute approximate surface area is 143 Å². The maximum Gasteiger partial charge on any atom is 3.00 e. The van der Waals surface area contributed by atoms with Gasteiger partial charge >= 0.3 is 144 Å². The van der Waals surface area contributed by atoms with E-state index in [-0.39, 0.29) is 95.4 Å². The summed E-state index contributed by atoms with van der Waals surface area (Å²) in [5.41, 5.74) is 0. The molecule has 0 spiro atoms. The van der Waals surface area contributed by atoms with Crippen molar-refractivity contribution in [3.63, 3.8) is 0 Å². The first-order chi connectivity index (χ1) is 7.07. The van der Waals surface area contributed by atoms with Crippen LogP contribution in [0.2, 0.25) is 0 Å². The van der Waals surface area contributed by atoms with E-state index < -0.39 is 0 Å². The van der Waals surface area contributed by atoms with Gasteiger partial charge in [-0.15, -0.1) is 0 Å². The van der Waals surface area contributed by atoms with Crippen LogP contribution in [0.4, 0.5) is 0 Å². The van der Waals surface area contributed by atoms with Crippen LogP contribution >= 0.6 is 0 Å². The predicted molar refractivity (Wildman–Crippen MR) is 49.1 cm³/mol. The molecule has 0 bridgehead atoms. The van der Waals surface area contributed by atoms with Crippen LogP contribution < -0.4 is 0 Å². The van der Waals surface area contributed by atoms with Crippen LogP contribution in [0.1, 0.15) is 0 Å². The summed E-state index contributed by atoms with van der Waals surface area (Å²) in [6.07, 6.45) is 0. The third-order valence-corrected chi connectivity index (χ3v) is 0. The average Bonchev–Trinajstić information content (AvgIpc) is 2.09. The quantitative estimate of drug-likeness (QED) is 0.253. The van der Waals surface area contributed by atoms with E-state index in [0.29, 0.717) is 0 Å². The van der Waals surface area contributed by atoms with Crippen molar-refractivity contribution >= 4 is 59.8 Å². The van der Waals surface area contributed by atoms with E-state index in [0.717, 1.165) is 0 Å². The van der Waals surface area contributed by atoms with Crippen molar-refractivity contribution in [1.29, 1.82) is 0 Å². The summed E-state index contributed by atoms with van der Waals surface area (Å²) in [5, 5.41) is 34.4. The summed E-state index contributed by atoms with van der Waals surface area (Å²) in [6, 6.07) is 0. The molecule has 5 N–H and O–H groups in total. The second-order valence-corrected chi connectivity index (χ2v) is 0.527. The first-order valence-electron chi connectivity index (χ1n) is 2.47. The fraction of sp³-hybridized carbons (Fsp3) is 0. The van der Waals surface area contributed by atoms with Gasteiger partial charge in [-0.3, -0.25) is 0 Å². The molecule has 0 amide bonds. The van der Waals surface area contributed by atoms with E-state index >= 15 is 0 Å². The Morgan fingerprint density at radius 1 is 0.471 bits per heavy atom. The Balaban J connectivity index is -0.0000000143. The standard InChI is InChI=1S/5BHO2.La.Mg/c5*2-1-3;;/h5*2H;;/q;;;;;+3;+2. The van der Waals surface area contributed by atoms with Gasteiger partial charge in [-0.1, -0.05) is 0 Å². The van der Waals surface area contributed by atoms with Gasteiger partial charge in [-0.2, -0.15) is 0 Å². The summed E-state index contributed by atoms with van der Waals surface area (Å²) < 4.78 is 41.8. The van der Waals surface area contributed by atoms with Crippen LogP contribution in [-0.2, 0) is 23.5 Å². The minimum atomic E-state index is -0.250. The predicted octanol–water partition coefficient (Wildman–Crippen LogP) is -5.66. The maximum absolute atomic E-state index is 8.36. The molecule has 0 aromatic rings. The van der Waals surface area contributed by atoms with E-state index in [9.17, 15) is 0 Å². The summed E-state index contributed by atoms with van der Waals surface area (Å²) in [6.45, 7) is 0. The van der Waals surface area contributed by atoms with E-state index in [1.165, 1.54) is 0 Å². The molecule has 0 aliphatic rings. The first kappa shape index (κ1) is 43.3. The van der Waals surface area contributed by atoms with Crippen LogP contribution in [0.25, 0.3) is 0 Å². The third kappa shape index (κ3) is 40700. The van der Waals surface area contributed by atoms with Crippen molar-refractivity contribution in [3.05, 3.63) is 0 Å². The van der Waals surface area contributed by atoms with Crippen molar-refractivity contribution in [2.75, 3.05) is 0 Å². The SMILES string of the molecule is O=BO.O=BO.O=BO.O=BO.O=BO.[La+3].[Mg+2].